The van der Waals surface area contributed by atoms with Crippen molar-refractivity contribution < 1.29 is 9.66 Å². The molecule has 0 heterocycles. The van der Waals surface area contributed by atoms with Crippen molar-refractivity contribution in [3.05, 3.63) is 33.3 Å². The lowest BCUT2D eigenvalue weighted by molar-refractivity contribution is -0.385. The van der Waals surface area contributed by atoms with Gasteiger partial charge in [0, 0.05) is 6.07 Å². The summed E-state index contributed by atoms with van der Waals surface area (Å²) in [6.07, 6.45) is 2.00. The van der Waals surface area contributed by atoms with Crippen LogP contribution >= 0.6 is 11.6 Å². The summed E-state index contributed by atoms with van der Waals surface area (Å²) >= 11 is 5.82. The van der Waals surface area contributed by atoms with Gasteiger partial charge in [0.25, 0.3) is 0 Å². The third kappa shape index (κ3) is 1.80. The van der Waals surface area contributed by atoms with Gasteiger partial charge < -0.3 is 4.74 Å². The zero-order valence-corrected chi connectivity index (χ0v) is 8.03. The summed E-state index contributed by atoms with van der Waals surface area (Å²) in [5, 5.41) is 10.9. The molecule has 1 fully saturated rings. The highest BCUT2D eigenvalue weighted by atomic mass is 35.5. The van der Waals surface area contributed by atoms with E-state index in [4.69, 9.17) is 16.3 Å². The SMILES string of the molecule is O=[N+]([O-])c1cccc(Cl)c1OC1CC1. The highest BCUT2D eigenvalue weighted by Gasteiger charge is 2.28. The summed E-state index contributed by atoms with van der Waals surface area (Å²) in [6.45, 7) is 0. The van der Waals surface area contributed by atoms with E-state index in [9.17, 15) is 10.1 Å². The van der Waals surface area contributed by atoms with E-state index in [1.54, 1.807) is 12.1 Å². The molecule has 0 atom stereocenters. The quantitative estimate of drug-likeness (QED) is 0.573. The van der Waals surface area contributed by atoms with E-state index in [-0.39, 0.29) is 17.5 Å². The van der Waals surface area contributed by atoms with Crippen LogP contribution in [0.4, 0.5) is 5.69 Å². The van der Waals surface area contributed by atoms with E-state index in [1.165, 1.54) is 6.07 Å². The van der Waals surface area contributed by atoms with Gasteiger partial charge in [-0.15, -0.1) is 0 Å². The van der Waals surface area contributed by atoms with E-state index < -0.39 is 4.92 Å². The topological polar surface area (TPSA) is 52.4 Å². The number of benzene rings is 1. The van der Waals surface area contributed by atoms with Gasteiger partial charge in [0.1, 0.15) is 0 Å². The standard InChI is InChI=1S/C9H8ClNO3/c10-7-2-1-3-8(11(12)13)9(7)14-6-4-5-6/h1-3,6H,4-5H2. The highest BCUT2D eigenvalue weighted by Crippen LogP contribution is 2.38. The van der Waals surface area contributed by atoms with Crippen molar-refractivity contribution in [2.75, 3.05) is 0 Å². The zero-order chi connectivity index (χ0) is 10.1. The van der Waals surface area contributed by atoms with E-state index >= 15 is 0 Å². The molecule has 1 aromatic rings. The molecule has 74 valence electrons. The van der Waals surface area contributed by atoms with E-state index in [1.807, 2.05) is 0 Å². The third-order valence-electron chi connectivity index (χ3n) is 1.95. The van der Waals surface area contributed by atoms with Gasteiger partial charge in [0.05, 0.1) is 16.0 Å². The van der Waals surface area contributed by atoms with Crippen LogP contribution in [0.3, 0.4) is 0 Å². The van der Waals surface area contributed by atoms with Crippen LogP contribution in [0.2, 0.25) is 5.02 Å². The van der Waals surface area contributed by atoms with E-state index in [0.717, 1.165) is 12.8 Å². The summed E-state index contributed by atoms with van der Waals surface area (Å²) in [5.74, 6) is 0.196. The molecule has 0 unspecified atom stereocenters. The molecule has 14 heavy (non-hydrogen) atoms. The number of nitrogens with zero attached hydrogens (tertiary/aromatic N) is 1. The molecule has 1 aliphatic carbocycles. The number of para-hydroxylation sites is 1. The van der Waals surface area contributed by atoms with Crippen LogP contribution in [0.25, 0.3) is 0 Å². The van der Waals surface area contributed by atoms with Gasteiger partial charge >= 0.3 is 5.69 Å². The molecule has 1 saturated carbocycles. The van der Waals surface area contributed by atoms with Crippen LogP contribution in [0.15, 0.2) is 18.2 Å². The molecule has 1 aliphatic rings. The second-order valence-corrected chi connectivity index (χ2v) is 3.57. The number of halogens is 1. The van der Waals surface area contributed by atoms with Crippen molar-refractivity contribution in [2.24, 2.45) is 0 Å². The number of rotatable bonds is 3. The number of nitro benzene ring substituents is 1. The molecule has 0 aromatic heterocycles. The first-order valence-corrected chi connectivity index (χ1v) is 4.66. The van der Waals surface area contributed by atoms with Gasteiger partial charge in [-0.1, -0.05) is 17.7 Å². The Kier molecular flexibility index (Phi) is 2.29. The fourth-order valence-corrected chi connectivity index (χ4v) is 1.32. The molecule has 0 spiro atoms. The van der Waals surface area contributed by atoms with Crippen molar-refractivity contribution in [3.8, 4) is 5.75 Å². The minimum atomic E-state index is -0.483. The Hall–Kier alpha value is -1.29. The minimum absolute atomic E-state index is 0.0654. The summed E-state index contributed by atoms with van der Waals surface area (Å²) in [7, 11) is 0. The zero-order valence-electron chi connectivity index (χ0n) is 7.27. The fourth-order valence-electron chi connectivity index (χ4n) is 1.11. The van der Waals surface area contributed by atoms with Crippen LogP contribution in [0.1, 0.15) is 12.8 Å². The van der Waals surface area contributed by atoms with Crippen molar-refractivity contribution in [1.29, 1.82) is 0 Å². The highest BCUT2D eigenvalue weighted by molar-refractivity contribution is 6.32. The Morgan fingerprint density at radius 2 is 2.21 bits per heavy atom. The molecule has 5 heteroatoms. The Bertz CT molecular complexity index is 376. The Morgan fingerprint density at radius 1 is 1.50 bits per heavy atom. The molecule has 0 radical (unpaired) electrons. The lowest BCUT2D eigenvalue weighted by Gasteiger charge is -2.06. The first-order chi connectivity index (χ1) is 6.68. The first kappa shape index (κ1) is 9.27. The number of hydrogen-bond donors (Lipinski definition) is 0. The van der Waals surface area contributed by atoms with Crippen molar-refractivity contribution in [3.63, 3.8) is 0 Å². The number of hydrogen-bond acceptors (Lipinski definition) is 3. The maximum absolute atomic E-state index is 10.6. The molecule has 0 bridgehead atoms. The molecule has 1 aromatic carbocycles. The largest absolute Gasteiger partial charge is 0.482 e. The van der Waals surface area contributed by atoms with Crippen molar-refractivity contribution in [1.82, 2.24) is 0 Å². The summed E-state index contributed by atoms with van der Waals surface area (Å²) in [5.41, 5.74) is -0.0654. The Balaban J connectivity index is 2.36. The maximum Gasteiger partial charge on any atom is 0.312 e. The van der Waals surface area contributed by atoms with Crippen LogP contribution < -0.4 is 4.74 Å². The van der Waals surface area contributed by atoms with Crippen LogP contribution in [-0.2, 0) is 0 Å². The molecule has 0 aliphatic heterocycles. The predicted octanol–water partition coefficient (Wildman–Crippen LogP) is 2.79. The average molecular weight is 214 g/mol. The van der Waals surface area contributed by atoms with Crippen molar-refractivity contribution in [2.45, 2.75) is 18.9 Å². The second-order valence-electron chi connectivity index (χ2n) is 3.16. The summed E-state index contributed by atoms with van der Waals surface area (Å²) < 4.78 is 5.37. The number of nitro groups is 1. The third-order valence-corrected chi connectivity index (χ3v) is 2.25. The van der Waals surface area contributed by atoms with Crippen LogP contribution in [0.5, 0.6) is 5.75 Å². The van der Waals surface area contributed by atoms with E-state index in [0.29, 0.717) is 5.02 Å². The molecule has 0 amide bonds. The first-order valence-electron chi connectivity index (χ1n) is 4.28. The van der Waals surface area contributed by atoms with Gasteiger partial charge in [0.2, 0.25) is 5.75 Å². The fraction of sp³-hybridized carbons (Fsp3) is 0.333. The molecular formula is C9H8ClNO3. The molecule has 0 N–H and O–H groups in total. The number of ether oxygens (including phenoxy) is 1. The minimum Gasteiger partial charge on any atom is -0.482 e. The monoisotopic (exact) mass is 213 g/mol. The van der Waals surface area contributed by atoms with E-state index in [2.05, 4.69) is 0 Å². The normalized spacial score (nSPS) is 15.2. The van der Waals surface area contributed by atoms with Gasteiger partial charge in [-0.2, -0.15) is 0 Å². The smallest absolute Gasteiger partial charge is 0.312 e. The van der Waals surface area contributed by atoms with Gasteiger partial charge in [-0.3, -0.25) is 10.1 Å². The molecular weight excluding hydrogens is 206 g/mol. The lowest BCUT2D eigenvalue weighted by Crippen LogP contribution is -2.00. The second kappa shape index (κ2) is 3.46. The molecule has 2 rings (SSSR count). The van der Waals surface area contributed by atoms with Gasteiger partial charge in [0.15, 0.2) is 0 Å². The Morgan fingerprint density at radius 3 is 2.79 bits per heavy atom. The van der Waals surface area contributed by atoms with Crippen molar-refractivity contribution >= 4 is 17.3 Å². The van der Waals surface area contributed by atoms with Gasteiger partial charge in [-0.05, 0) is 18.9 Å². The molecule has 0 saturated heterocycles. The van der Waals surface area contributed by atoms with Crippen LogP contribution in [-0.4, -0.2) is 11.0 Å². The lowest BCUT2D eigenvalue weighted by atomic mass is 10.3. The summed E-state index contributed by atoms with van der Waals surface area (Å²) in [6, 6.07) is 4.52. The van der Waals surface area contributed by atoms with Gasteiger partial charge in [-0.25, -0.2) is 0 Å². The Labute approximate surface area is 85.6 Å². The predicted molar refractivity (Wildman–Crippen MR) is 51.8 cm³/mol. The maximum atomic E-state index is 10.6. The summed E-state index contributed by atoms with van der Waals surface area (Å²) in [4.78, 5) is 10.2. The molecule has 4 nitrogen and oxygen atoms in total. The average Bonchev–Trinajstić information content (AvgIpc) is 2.91. The van der Waals surface area contributed by atoms with Crippen LogP contribution in [0, 0.1) is 10.1 Å².